The SMILES string of the molecule is COc1ccc(CNC(=O)c2c3c(nc4ccccc24)C(=O)N(C2CCCCC2)C3)cc1. The highest BCUT2D eigenvalue weighted by Crippen LogP contribution is 2.34. The average Bonchev–Trinajstić information content (AvgIpc) is 3.17. The number of nitrogens with zero attached hydrogens (tertiary/aromatic N) is 2. The van der Waals surface area contributed by atoms with E-state index in [4.69, 9.17) is 4.74 Å². The molecule has 32 heavy (non-hydrogen) atoms. The van der Waals surface area contributed by atoms with Crippen LogP contribution in [0.4, 0.5) is 0 Å². The van der Waals surface area contributed by atoms with Crippen LogP contribution in [0.5, 0.6) is 5.75 Å². The van der Waals surface area contributed by atoms with Crippen LogP contribution in [0.3, 0.4) is 0 Å². The molecule has 2 heterocycles. The lowest BCUT2D eigenvalue weighted by molar-refractivity contribution is 0.0655. The molecule has 5 rings (SSSR count). The largest absolute Gasteiger partial charge is 0.497 e. The van der Waals surface area contributed by atoms with Gasteiger partial charge in [0.2, 0.25) is 0 Å². The number of ether oxygens (including phenoxy) is 1. The van der Waals surface area contributed by atoms with Crippen LogP contribution in [0.15, 0.2) is 48.5 Å². The molecule has 1 saturated carbocycles. The highest BCUT2D eigenvalue weighted by atomic mass is 16.5. The Labute approximate surface area is 187 Å². The number of methoxy groups -OCH3 is 1. The molecule has 0 spiro atoms. The zero-order valence-corrected chi connectivity index (χ0v) is 18.3. The van der Waals surface area contributed by atoms with Crippen LogP contribution in [-0.2, 0) is 13.1 Å². The van der Waals surface area contributed by atoms with Crippen molar-refractivity contribution in [3.63, 3.8) is 0 Å². The Morgan fingerprint density at radius 2 is 1.84 bits per heavy atom. The second-order valence-corrected chi connectivity index (χ2v) is 8.59. The molecule has 0 saturated heterocycles. The Bertz CT molecular complexity index is 1170. The molecular weight excluding hydrogens is 402 g/mol. The quantitative estimate of drug-likeness (QED) is 0.650. The topological polar surface area (TPSA) is 71.5 Å². The van der Waals surface area contributed by atoms with Gasteiger partial charge in [0.05, 0.1) is 18.2 Å². The van der Waals surface area contributed by atoms with E-state index < -0.39 is 0 Å². The van der Waals surface area contributed by atoms with Crippen LogP contribution in [0.1, 0.15) is 64.1 Å². The van der Waals surface area contributed by atoms with Crippen molar-refractivity contribution in [1.82, 2.24) is 15.2 Å². The molecule has 0 unspecified atom stereocenters. The van der Waals surface area contributed by atoms with Gasteiger partial charge in [0.15, 0.2) is 0 Å². The van der Waals surface area contributed by atoms with Crippen LogP contribution in [0, 0.1) is 0 Å². The molecule has 1 N–H and O–H groups in total. The Balaban J connectivity index is 1.47. The molecule has 3 aromatic rings. The lowest BCUT2D eigenvalue weighted by Crippen LogP contribution is -2.37. The van der Waals surface area contributed by atoms with Crippen LogP contribution in [0.25, 0.3) is 10.9 Å². The molecule has 0 radical (unpaired) electrons. The summed E-state index contributed by atoms with van der Waals surface area (Å²) in [4.78, 5) is 33.3. The van der Waals surface area contributed by atoms with Crippen LogP contribution < -0.4 is 10.1 Å². The van der Waals surface area contributed by atoms with E-state index >= 15 is 0 Å². The van der Waals surface area contributed by atoms with Crippen molar-refractivity contribution >= 4 is 22.7 Å². The van der Waals surface area contributed by atoms with E-state index in [0.717, 1.165) is 47.9 Å². The fourth-order valence-corrected chi connectivity index (χ4v) is 4.92. The highest BCUT2D eigenvalue weighted by Gasteiger charge is 2.37. The number of para-hydroxylation sites is 1. The van der Waals surface area contributed by atoms with E-state index in [1.807, 2.05) is 53.4 Å². The number of carbonyl (C=O) groups is 2. The molecule has 2 aliphatic rings. The Kier molecular flexibility index (Phi) is 5.52. The number of rotatable bonds is 5. The third kappa shape index (κ3) is 3.70. The van der Waals surface area contributed by atoms with E-state index in [2.05, 4.69) is 10.3 Å². The van der Waals surface area contributed by atoms with Gasteiger partial charge in [-0.15, -0.1) is 0 Å². The zero-order valence-electron chi connectivity index (χ0n) is 18.3. The van der Waals surface area contributed by atoms with Crippen molar-refractivity contribution < 1.29 is 14.3 Å². The minimum absolute atomic E-state index is 0.0399. The summed E-state index contributed by atoms with van der Waals surface area (Å²) >= 11 is 0. The summed E-state index contributed by atoms with van der Waals surface area (Å²) in [6.45, 7) is 0.858. The minimum Gasteiger partial charge on any atom is -0.497 e. The average molecular weight is 430 g/mol. The molecule has 1 aliphatic heterocycles. The fraction of sp³-hybridized carbons (Fsp3) is 0.346. The predicted octanol–water partition coefficient (Wildman–Crippen LogP) is 4.46. The van der Waals surface area contributed by atoms with Gasteiger partial charge in [0, 0.05) is 30.1 Å². The summed E-state index contributed by atoms with van der Waals surface area (Å²) in [6.07, 6.45) is 5.58. The first-order valence-electron chi connectivity index (χ1n) is 11.3. The van der Waals surface area contributed by atoms with Crippen molar-refractivity contribution in [2.24, 2.45) is 0 Å². The Morgan fingerprint density at radius 3 is 2.59 bits per heavy atom. The number of carbonyl (C=O) groups excluding carboxylic acids is 2. The standard InChI is InChI=1S/C26H27N3O3/c1-32-19-13-11-17(12-14-19)15-27-25(30)23-20-9-5-6-10-22(20)28-24-21(23)16-29(26(24)31)18-7-3-2-4-8-18/h5-6,9-14,18H,2-4,7-8,15-16H2,1H3,(H,27,30). The molecule has 0 atom stereocenters. The van der Waals surface area contributed by atoms with Gasteiger partial charge in [-0.1, -0.05) is 49.6 Å². The smallest absolute Gasteiger partial charge is 0.273 e. The Hall–Kier alpha value is -3.41. The third-order valence-electron chi connectivity index (χ3n) is 6.64. The number of nitrogens with one attached hydrogen (secondary N) is 1. The molecular formula is C26H27N3O3. The number of fused-ring (bicyclic) bond motifs is 2. The van der Waals surface area contributed by atoms with E-state index in [1.54, 1.807) is 7.11 Å². The summed E-state index contributed by atoms with van der Waals surface area (Å²) in [6, 6.07) is 15.4. The van der Waals surface area contributed by atoms with Gasteiger partial charge in [0.25, 0.3) is 11.8 Å². The van der Waals surface area contributed by atoms with E-state index in [9.17, 15) is 9.59 Å². The second-order valence-electron chi connectivity index (χ2n) is 8.59. The first-order valence-corrected chi connectivity index (χ1v) is 11.3. The van der Waals surface area contributed by atoms with Crippen LogP contribution in [0.2, 0.25) is 0 Å². The molecule has 1 aliphatic carbocycles. The van der Waals surface area contributed by atoms with Crippen LogP contribution >= 0.6 is 0 Å². The third-order valence-corrected chi connectivity index (χ3v) is 6.64. The lowest BCUT2D eigenvalue weighted by Gasteiger charge is -2.30. The molecule has 164 valence electrons. The number of hydrogen-bond donors (Lipinski definition) is 1. The number of hydrogen-bond acceptors (Lipinski definition) is 4. The molecule has 6 heteroatoms. The maximum atomic E-state index is 13.4. The molecule has 1 fully saturated rings. The minimum atomic E-state index is -0.172. The number of pyridine rings is 1. The summed E-state index contributed by atoms with van der Waals surface area (Å²) < 4.78 is 5.20. The van der Waals surface area contributed by atoms with Gasteiger partial charge in [0.1, 0.15) is 11.4 Å². The molecule has 0 bridgehead atoms. The first-order chi connectivity index (χ1) is 15.7. The summed E-state index contributed by atoms with van der Waals surface area (Å²) in [5.41, 5.74) is 3.43. The van der Waals surface area contributed by atoms with E-state index in [-0.39, 0.29) is 17.9 Å². The summed E-state index contributed by atoms with van der Waals surface area (Å²) in [7, 11) is 1.63. The molecule has 2 amide bonds. The van der Waals surface area contributed by atoms with Gasteiger partial charge in [-0.05, 0) is 36.6 Å². The normalized spacial score (nSPS) is 16.3. The van der Waals surface area contributed by atoms with Crippen LogP contribution in [-0.4, -0.2) is 34.8 Å². The maximum Gasteiger partial charge on any atom is 0.273 e. The molecule has 6 nitrogen and oxygen atoms in total. The van der Waals surface area contributed by atoms with Gasteiger partial charge in [-0.25, -0.2) is 4.98 Å². The van der Waals surface area contributed by atoms with Gasteiger partial charge >= 0.3 is 0 Å². The van der Waals surface area contributed by atoms with Crippen molar-refractivity contribution in [3.8, 4) is 5.75 Å². The number of amides is 2. The lowest BCUT2D eigenvalue weighted by atomic mass is 9.94. The van der Waals surface area contributed by atoms with Crippen molar-refractivity contribution in [1.29, 1.82) is 0 Å². The summed E-state index contributed by atoms with van der Waals surface area (Å²) in [5, 5.41) is 3.84. The second kappa shape index (κ2) is 8.61. The van der Waals surface area contributed by atoms with Gasteiger partial charge in [-0.2, -0.15) is 0 Å². The van der Waals surface area contributed by atoms with Crippen molar-refractivity contribution in [2.45, 2.75) is 51.2 Å². The predicted molar refractivity (Wildman–Crippen MR) is 123 cm³/mol. The molecule has 2 aromatic carbocycles. The van der Waals surface area contributed by atoms with Crippen molar-refractivity contribution in [2.75, 3.05) is 7.11 Å². The Morgan fingerprint density at radius 1 is 1.09 bits per heavy atom. The van der Waals surface area contributed by atoms with E-state index in [0.29, 0.717) is 29.9 Å². The fourth-order valence-electron chi connectivity index (χ4n) is 4.92. The summed E-state index contributed by atoms with van der Waals surface area (Å²) in [5.74, 6) is 0.565. The zero-order chi connectivity index (χ0) is 22.1. The molecule has 1 aromatic heterocycles. The number of benzene rings is 2. The monoisotopic (exact) mass is 429 g/mol. The highest BCUT2D eigenvalue weighted by molar-refractivity contribution is 6.11. The van der Waals surface area contributed by atoms with E-state index in [1.165, 1.54) is 6.42 Å². The number of aromatic nitrogens is 1. The maximum absolute atomic E-state index is 13.4. The first kappa shape index (κ1) is 20.5. The van der Waals surface area contributed by atoms with Gasteiger partial charge < -0.3 is 15.0 Å². The van der Waals surface area contributed by atoms with Gasteiger partial charge in [-0.3, -0.25) is 9.59 Å². The van der Waals surface area contributed by atoms with Crippen molar-refractivity contribution in [3.05, 3.63) is 70.9 Å².